The molecule has 1 N–H and O–H groups in total. The van der Waals surface area contributed by atoms with Crippen LogP contribution in [0.15, 0.2) is 35.3 Å². The van der Waals surface area contributed by atoms with Crippen molar-refractivity contribution in [2.75, 3.05) is 0 Å². The van der Waals surface area contributed by atoms with Crippen molar-refractivity contribution in [1.29, 1.82) is 0 Å². The maximum absolute atomic E-state index is 3.11. The SMILES string of the molecule is CC1=CC2=CNSN2C(C)=C1. The van der Waals surface area contributed by atoms with Crippen LogP contribution in [-0.2, 0) is 0 Å². The highest BCUT2D eigenvalue weighted by Gasteiger charge is 2.18. The van der Waals surface area contributed by atoms with Gasteiger partial charge in [-0.1, -0.05) is 0 Å². The Morgan fingerprint density at radius 3 is 3.00 bits per heavy atom. The first-order valence-corrected chi connectivity index (χ1v) is 4.34. The van der Waals surface area contributed by atoms with Gasteiger partial charge in [-0.15, -0.1) is 0 Å². The summed E-state index contributed by atoms with van der Waals surface area (Å²) < 4.78 is 5.28. The minimum atomic E-state index is 1.24. The van der Waals surface area contributed by atoms with Crippen LogP contribution >= 0.6 is 12.1 Å². The van der Waals surface area contributed by atoms with Crippen LogP contribution in [-0.4, -0.2) is 4.31 Å². The first-order valence-electron chi connectivity index (χ1n) is 3.57. The van der Waals surface area contributed by atoms with Gasteiger partial charge in [-0.3, -0.25) is 4.31 Å². The van der Waals surface area contributed by atoms with Gasteiger partial charge in [0, 0.05) is 11.9 Å². The molecule has 0 aromatic carbocycles. The fourth-order valence-corrected chi connectivity index (χ4v) is 1.98. The summed E-state index contributed by atoms with van der Waals surface area (Å²) in [6.07, 6.45) is 6.36. The molecule has 0 saturated heterocycles. The smallest absolute Gasteiger partial charge is 0.0729 e. The fourth-order valence-electron chi connectivity index (χ4n) is 1.29. The van der Waals surface area contributed by atoms with Crippen molar-refractivity contribution in [3.05, 3.63) is 35.3 Å². The van der Waals surface area contributed by atoms with E-state index < -0.39 is 0 Å². The number of fused-ring (bicyclic) bond motifs is 1. The van der Waals surface area contributed by atoms with E-state index >= 15 is 0 Å². The molecule has 3 heteroatoms. The zero-order valence-corrected chi connectivity index (χ0v) is 7.40. The fraction of sp³-hybridized carbons (Fsp3) is 0.250. The number of hydrogen-bond donors (Lipinski definition) is 1. The van der Waals surface area contributed by atoms with E-state index in [0.717, 1.165) is 0 Å². The van der Waals surface area contributed by atoms with E-state index in [-0.39, 0.29) is 0 Å². The molecule has 2 heterocycles. The largest absolute Gasteiger partial charge is 0.316 e. The number of nitrogens with one attached hydrogen (secondary N) is 1. The Kier molecular flexibility index (Phi) is 1.46. The van der Waals surface area contributed by atoms with Crippen molar-refractivity contribution < 1.29 is 0 Å². The molecule has 0 aliphatic carbocycles. The number of rotatable bonds is 0. The molecule has 0 bridgehead atoms. The molecule has 2 nitrogen and oxygen atoms in total. The molecule has 0 amide bonds. The van der Waals surface area contributed by atoms with E-state index in [2.05, 4.69) is 35.0 Å². The predicted octanol–water partition coefficient (Wildman–Crippen LogP) is 2.16. The van der Waals surface area contributed by atoms with E-state index in [1.165, 1.54) is 17.0 Å². The van der Waals surface area contributed by atoms with Gasteiger partial charge >= 0.3 is 0 Å². The molecular weight excluding hydrogens is 156 g/mol. The Hall–Kier alpha value is -0.830. The van der Waals surface area contributed by atoms with Gasteiger partial charge in [-0.05, 0) is 31.6 Å². The van der Waals surface area contributed by atoms with Gasteiger partial charge in [0.1, 0.15) is 0 Å². The van der Waals surface area contributed by atoms with Gasteiger partial charge in [0.05, 0.1) is 17.8 Å². The first-order chi connectivity index (χ1) is 5.27. The van der Waals surface area contributed by atoms with Crippen molar-refractivity contribution >= 4 is 12.1 Å². The maximum atomic E-state index is 3.11. The van der Waals surface area contributed by atoms with Gasteiger partial charge in [0.2, 0.25) is 0 Å². The van der Waals surface area contributed by atoms with Gasteiger partial charge in [0.15, 0.2) is 0 Å². The number of allylic oxidation sites excluding steroid dienone is 4. The highest BCUT2D eigenvalue weighted by molar-refractivity contribution is 7.95. The van der Waals surface area contributed by atoms with Crippen LogP contribution in [0, 0.1) is 0 Å². The first kappa shape index (κ1) is 6.85. The molecule has 0 spiro atoms. The van der Waals surface area contributed by atoms with Gasteiger partial charge in [-0.25, -0.2) is 0 Å². The summed E-state index contributed by atoms with van der Waals surface area (Å²) in [5.74, 6) is 0. The Morgan fingerprint density at radius 1 is 1.36 bits per heavy atom. The highest BCUT2D eigenvalue weighted by Crippen LogP contribution is 2.31. The van der Waals surface area contributed by atoms with E-state index in [1.807, 2.05) is 6.20 Å². The standard InChI is InChI=1S/C8H10N2S/c1-6-3-7(2)10-8(4-6)5-9-11-10/h3-5,9H,1-2H3. The molecule has 0 saturated carbocycles. The second-order valence-corrected chi connectivity index (χ2v) is 3.53. The lowest BCUT2D eigenvalue weighted by Gasteiger charge is -2.21. The Balaban J connectivity index is 2.40. The molecule has 0 aromatic heterocycles. The maximum Gasteiger partial charge on any atom is 0.0729 e. The summed E-state index contributed by atoms with van der Waals surface area (Å²) in [5.41, 5.74) is 3.84. The lowest BCUT2D eigenvalue weighted by Crippen LogP contribution is -2.11. The number of nitrogens with zero attached hydrogens (tertiary/aromatic N) is 1. The van der Waals surface area contributed by atoms with Gasteiger partial charge < -0.3 is 4.72 Å². The molecule has 0 unspecified atom stereocenters. The van der Waals surface area contributed by atoms with Gasteiger partial charge in [-0.2, -0.15) is 0 Å². The molecule has 2 rings (SSSR count). The summed E-state index contributed by atoms with van der Waals surface area (Å²) in [5, 5.41) is 0. The number of hydrogen-bond acceptors (Lipinski definition) is 3. The van der Waals surface area contributed by atoms with Crippen LogP contribution in [0.25, 0.3) is 0 Å². The van der Waals surface area contributed by atoms with Crippen LogP contribution in [0.5, 0.6) is 0 Å². The third-order valence-electron chi connectivity index (χ3n) is 1.72. The molecule has 0 radical (unpaired) electrons. The normalized spacial score (nSPS) is 21.6. The molecule has 0 atom stereocenters. The molecule has 2 aliphatic rings. The molecule has 0 fully saturated rings. The molecular formula is C8H10N2S. The summed E-state index contributed by atoms with van der Waals surface area (Å²) in [6.45, 7) is 4.23. The van der Waals surface area contributed by atoms with E-state index in [9.17, 15) is 0 Å². The second-order valence-electron chi connectivity index (χ2n) is 2.75. The lowest BCUT2D eigenvalue weighted by molar-refractivity contribution is 0.726. The zero-order valence-electron chi connectivity index (χ0n) is 6.59. The van der Waals surface area contributed by atoms with Crippen LogP contribution in [0.1, 0.15) is 13.8 Å². The molecule has 0 aromatic rings. The quantitative estimate of drug-likeness (QED) is 0.555. The average Bonchev–Trinajstić information content (AvgIpc) is 2.34. The van der Waals surface area contributed by atoms with E-state index in [0.29, 0.717) is 0 Å². The van der Waals surface area contributed by atoms with Crippen molar-refractivity contribution in [3.63, 3.8) is 0 Å². The monoisotopic (exact) mass is 166 g/mol. The van der Waals surface area contributed by atoms with Crippen molar-refractivity contribution in [2.45, 2.75) is 13.8 Å². The summed E-state index contributed by atoms with van der Waals surface area (Å²) >= 11 is 1.61. The van der Waals surface area contributed by atoms with Gasteiger partial charge in [0.25, 0.3) is 0 Å². The Labute approximate surface area is 70.9 Å². The van der Waals surface area contributed by atoms with Crippen LogP contribution in [0.2, 0.25) is 0 Å². The third kappa shape index (κ3) is 1.05. The van der Waals surface area contributed by atoms with Crippen LogP contribution in [0.4, 0.5) is 0 Å². The van der Waals surface area contributed by atoms with E-state index in [4.69, 9.17) is 0 Å². The topological polar surface area (TPSA) is 15.3 Å². The molecule has 58 valence electrons. The second kappa shape index (κ2) is 2.34. The van der Waals surface area contributed by atoms with Crippen molar-refractivity contribution in [1.82, 2.24) is 9.03 Å². The third-order valence-corrected chi connectivity index (χ3v) is 2.62. The van der Waals surface area contributed by atoms with Crippen molar-refractivity contribution in [2.24, 2.45) is 0 Å². The Bertz CT molecular complexity index is 276. The summed E-state index contributed by atoms with van der Waals surface area (Å²) in [4.78, 5) is 0. The summed E-state index contributed by atoms with van der Waals surface area (Å²) in [7, 11) is 0. The Morgan fingerprint density at radius 2 is 2.18 bits per heavy atom. The molecule has 2 aliphatic heterocycles. The van der Waals surface area contributed by atoms with Crippen LogP contribution in [0.3, 0.4) is 0 Å². The summed E-state index contributed by atoms with van der Waals surface area (Å²) in [6, 6.07) is 0. The van der Waals surface area contributed by atoms with Crippen molar-refractivity contribution in [3.8, 4) is 0 Å². The lowest BCUT2D eigenvalue weighted by atomic mass is 10.1. The average molecular weight is 166 g/mol. The molecule has 11 heavy (non-hydrogen) atoms. The highest BCUT2D eigenvalue weighted by atomic mass is 32.2. The predicted molar refractivity (Wildman–Crippen MR) is 48.2 cm³/mol. The minimum Gasteiger partial charge on any atom is -0.316 e. The minimum absolute atomic E-state index is 1.24. The van der Waals surface area contributed by atoms with E-state index in [1.54, 1.807) is 12.1 Å². The zero-order chi connectivity index (χ0) is 7.84. The van der Waals surface area contributed by atoms with Crippen LogP contribution < -0.4 is 4.72 Å².